The maximum atomic E-state index is 12.8. The Morgan fingerprint density at radius 3 is 2.27 bits per heavy atom. The fourth-order valence-electron chi connectivity index (χ4n) is 1.75. The molecule has 0 aliphatic heterocycles. The van der Waals surface area contributed by atoms with E-state index in [1.54, 1.807) is 16.7 Å². The maximum absolute atomic E-state index is 12.8. The van der Waals surface area contributed by atoms with E-state index >= 15 is 0 Å². The van der Waals surface area contributed by atoms with Crippen molar-refractivity contribution in [1.29, 1.82) is 0 Å². The second kappa shape index (κ2) is 5.53. The first-order valence-electron chi connectivity index (χ1n) is 6.14. The highest BCUT2D eigenvalue weighted by atomic mass is 32.2. The van der Waals surface area contributed by atoms with Gasteiger partial charge in [-0.1, -0.05) is 0 Å². The standard InChI is InChI=1S/C13H10FN5O2S/c14-10-1-4-12(5-2-10)22(20,21)18-11-3-6-13(15-7-11)19-8-16-17-9-19/h1-9,18H. The van der Waals surface area contributed by atoms with E-state index in [1.165, 1.54) is 31.0 Å². The number of halogens is 1. The normalized spacial score (nSPS) is 11.3. The lowest BCUT2D eigenvalue weighted by atomic mass is 10.4. The molecule has 0 saturated heterocycles. The Kier molecular flexibility index (Phi) is 3.55. The van der Waals surface area contributed by atoms with E-state index in [9.17, 15) is 12.8 Å². The minimum Gasteiger partial charge on any atom is -0.278 e. The Morgan fingerprint density at radius 1 is 1.00 bits per heavy atom. The zero-order valence-corrected chi connectivity index (χ0v) is 11.9. The molecule has 22 heavy (non-hydrogen) atoms. The molecule has 0 aliphatic carbocycles. The lowest BCUT2D eigenvalue weighted by molar-refractivity contribution is 0.599. The number of hydrogen-bond acceptors (Lipinski definition) is 5. The Balaban J connectivity index is 1.82. The number of nitrogens with zero attached hydrogens (tertiary/aromatic N) is 4. The van der Waals surface area contributed by atoms with E-state index < -0.39 is 15.8 Å². The summed E-state index contributed by atoms with van der Waals surface area (Å²) < 4.78 is 41.1. The van der Waals surface area contributed by atoms with Crippen molar-refractivity contribution >= 4 is 15.7 Å². The number of aromatic nitrogens is 4. The zero-order valence-electron chi connectivity index (χ0n) is 11.1. The SMILES string of the molecule is O=S(=O)(Nc1ccc(-n2cnnc2)nc1)c1ccc(F)cc1. The van der Waals surface area contributed by atoms with Gasteiger partial charge in [-0.25, -0.2) is 17.8 Å². The molecule has 2 aromatic heterocycles. The van der Waals surface area contributed by atoms with Crippen LogP contribution in [0.3, 0.4) is 0 Å². The Morgan fingerprint density at radius 2 is 1.68 bits per heavy atom. The van der Waals surface area contributed by atoms with Crippen molar-refractivity contribution in [2.24, 2.45) is 0 Å². The first-order chi connectivity index (χ1) is 10.5. The van der Waals surface area contributed by atoms with Gasteiger partial charge in [-0.15, -0.1) is 10.2 Å². The van der Waals surface area contributed by atoms with Crippen LogP contribution in [0.4, 0.5) is 10.1 Å². The predicted molar refractivity (Wildman–Crippen MR) is 76.4 cm³/mol. The van der Waals surface area contributed by atoms with Crippen molar-refractivity contribution in [3.8, 4) is 5.82 Å². The highest BCUT2D eigenvalue weighted by molar-refractivity contribution is 7.92. The summed E-state index contributed by atoms with van der Waals surface area (Å²) in [5, 5.41) is 7.32. The molecule has 7 nitrogen and oxygen atoms in total. The molecule has 3 rings (SSSR count). The van der Waals surface area contributed by atoms with E-state index in [1.807, 2.05) is 0 Å². The molecular formula is C13H10FN5O2S. The number of rotatable bonds is 4. The highest BCUT2D eigenvalue weighted by Gasteiger charge is 2.14. The van der Waals surface area contributed by atoms with Crippen LogP contribution in [-0.2, 0) is 10.0 Å². The fourth-order valence-corrected chi connectivity index (χ4v) is 2.79. The third kappa shape index (κ3) is 2.93. The maximum Gasteiger partial charge on any atom is 0.261 e. The summed E-state index contributed by atoms with van der Waals surface area (Å²) in [6, 6.07) is 7.73. The van der Waals surface area contributed by atoms with Crippen LogP contribution in [0.15, 0.2) is 60.1 Å². The summed E-state index contributed by atoms with van der Waals surface area (Å²) in [5.74, 6) is 0.0497. The number of anilines is 1. The van der Waals surface area contributed by atoms with E-state index in [0.29, 0.717) is 11.5 Å². The number of nitrogens with one attached hydrogen (secondary N) is 1. The number of sulfonamides is 1. The lowest BCUT2D eigenvalue weighted by Gasteiger charge is -2.08. The monoisotopic (exact) mass is 319 g/mol. The molecule has 0 unspecified atom stereocenters. The molecule has 112 valence electrons. The van der Waals surface area contributed by atoms with Gasteiger partial charge in [0.15, 0.2) is 0 Å². The molecule has 2 heterocycles. The van der Waals surface area contributed by atoms with Crippen LogP contribution in [0.1, 0.15) is 0 Å². The molecule has 0 amide bonds. The highest BCUT2D eigenvalue weighted by Crippen LogP contribution is 2.16. The van der Waals surface area contributed by atoms with Crippen LogP contribution in [-0.4, -0.2) is 28.2 Å². The van der Waals surface area contributed by atoms with E-state index in [-0.39, 0.29) is 4.90 Å². The average Bonchev–Trinajstić information content (AvgIpc) is 3.02. The molecule has 0 saturated carbocycles. The summed E-state index contributed by atoms with van der Waals surface area (Å²) in [4.78, 5) is 4.08. The molecule has 0 aliphatic rings. The summed E-state index contributed by atoms with van der Waals surface area (Å²) in [6.45, 7) is 0. The summed E-state index contributed by atoms with van der Waals surface area (Å²) >= 11 is 0. The van der Waals surface area contributed by atoms with Crippen molar-refractivity contribution in [3.63, 3.8) is 0 Å². The largest absolute Gasteiger partial charge is 0.278 e. The second-order valence-corrected chi connectivity index (χ2v) is 6.02. The van der Waals surface area contributed by atoms with Gasteiger partial charge in [0.25, 0.3) is 10.0 Å². The van der Waals surface area contributed by atoms with E-state index in [0.717, 1.165) is 12.1 Å². The minimum absolute atomic E-state index is 0.0308. The minimum atomic E-state index is -3.78. The smallest absolute Gasteiger partial charge is 0.261 e. The van der Waals surface area contributed by atoms with Gasteiger partial charge in [0, 0.05) is 0 Å². The van der Waals surface area contributed by atoms with Crippen LogP contribution in [0.25, 0.3) is 5.82 Å². The van der Waals surface area contributed by atoms with Gasteiger partial charge in [-0.3, -0.25) is 9.29 Å². The van der Waals surface area contributed by atoms with Gasteiger partial charge in [-0.2, -0.15) is 0 Å². The third-order valence-corrected chi connectivity index (χ3v) is 4.20. The molecule has 0 fully saturated rings. The molecule has 1 N–H and O–H groups in total. The topological polar surface area (TPSA) is 89.8 Å². The second-order valence-electron chi connectivity index (χ2n) is 4.33. The lowest BCUT2D eigenvalue weighted by Crippen LogP contribution is -2.13. The molecule has 0 radical (unpaired) electrons. The van der Waals surface area contributed by atoms with Crippen molar-refractivity contribution in [2.75, 3.05) is 4.72 Å². The number of hydrogen-bond donors (Lipinski definition) is 1. The first kappa shape index (κ1) is 14.1. The Labute approximate surface area is 125 Å². The first-order valence-corrected chi connectivity index (χ1v) is 7.62. The summed E-state index contributed by atoms with van der Waals surface area (Å²) in [5.41, 5.74) is 0.293. The van der Waals surface area contributed by atoms with Crippen molar-refractivity contribution in [1.82, 2.24) is 19.7 Å². The Hall–Kier alpha value is -2.81. The van der Waals surface area contributed by atoms with Gasteiger partial charge >= 0.3 is 0 Å². The van der Waals surface area contributed by atoms with Crippen LogP contribution in [0, 0.1) is 5.82 Å². The summed E-state index contributed by atoms with van der Waals surface area (Å²) in [6.07, 6.45) is 4.33. The van der Waals surface area contributed by atoms with Crippen molar-refractivity contribution in [2.45, 2.75) is 4.90 Å². The molecule has 1 aromatic carbocycles. The van der Waals surface area contributed by atoms with Crippen LogP contribution in [0.5, 0.6) is 0 Å². The quantitative estimate of drug-likeness (QED) is 0.789. The van der Waals surface area contributed by atoms with E-state index in [2.05, 4.69) is 19.9 Å². The molecule has 3 aromatic rings. The van der Waals surface area contributed by atoms with Gasteiger partial charge < -0.3 is 0 Å². The van der Waals surface area contributed by atoms with Crippen molar-refractivity contribution < 1.29 is 12.8 Å². The third-order valence-electron chi connectivity index (χ3n) is 2.81. The molecule has 0 atom stereocenters. The van der Waals surface area contributed by atoms with Crippen molar-refractivity contribution in [3.05, 3.63) is 61.1 Å². The van der Waals surface area contributed by atoms with E-state index in [4.69, 9.17) is 0 Å². The number of pyridine rings is 1. The van der Waals surface area contributed by atoms with Gasteiger partial charge in [0.1, 0.15) is 24.3 Å². The number of benzene rings is 1. The zero-order chi connectivity index (χ0) is 15.6. The predicted octanol–water partition coefficient (Wildman–Crippen LogP) is 1.60. The van der Waals surface area contributed by atoms with Gasteiger partial charge in [-0.05, 0) is 36.4 Å². The van der Waals surface area contributed by atoms with Crippen LogP contribution in [0.2, 0.25) is 0 Å². The van der Waals surface area contributed by atoms with Crippen LogP contribution < -0.4 is 4.72 Å². The Bertz CT molecular complexity index is 862. The molecule has 9 heteroatoms. The van der Waals surface area contributed by atoms with Gasteiger partial charge in [0.2, 0.25) is 0 Å². The molecular weight excluding hydrogens is 309 g/mol. The summed E-state index contributed by atoms with van der Waals surface area (Å²) in [7, 11) is -3.78. The molecule has 0 bridgehead atoms. The fraction of sp³-hybridized carbons (Fsp3) is 0. The van der Waals surface area contributed by atoms with Gasteiger partial charge in [0.05, 0.1) is 16.8 Å². The molecule has 0 spiro atoms. The average molecular weight is 319 g/mol. The van der Waals surface area contributed by atoms with Crippen LogP contribution >= 0.6 is 0 Å².